The lowest BCUT2D eigenvalue weighted by molar-refractivity contribution is -0.138. The maximum absolute atomic E-state index is 14.7. The van der Waals surface area contributed by atoms with E-state index in [0.29, 0.717) is 50.8 Å². The summed E-state index contributed by atoms with van der Waals surface area (Å²) in [6, 6.07) is 13.4. The summed E-state index contributed by atoms with van der Waals surface area (Å²) < 4.78 is 73.8. The quantitative estimate of drug-likeness (QED) is 0.0340. The van der Waals surface area contributed by atoms with Gasteiger partial charge < -0.3 is 33.5 Å². The van der Waals surface area contributed by atoms with Gasteiger partial charge in [0, 0.05) is 24.1 Å². The van der Waals surface area contributed by atoms with Crippen molar-refractivity contribution in [2.45, 2.75) is 70.1 Å². The average Bonchev–Trinajstić information content (AvgIpc) is 3.23. The third-order valence-electron chi connectivity index (χ3n) is 8.37. The van der Waals surface area contributed by atoms with E-state index >= 15 is 0 Å². The number of halogens is 3. The van der Waals surface area contributed by atoms with Crippen LogP contribution in [0.2, 0.25) is 0 Å². The summed E-state index contributed by atoms with van der Waals surface area (Å²) in [5.74, 6) is -4.59. The Morgan fingerprint density at radius 3 is 1.45 bits per heavy atom. The number of aromatic carboxylic acids is 1. The molecule has 0 saturated heterocycles. The van der Waals surface area contributed by atoms with Crippen molar-refractivity contribution < 1.29 is 70.7 Å². The lowest BCUT2D eigenvalue weighted by atomic mass is 10.0. The van der Waals surface area contributed by atoms with Gasteiger partial charge in [0.15, 0.2) is 6.17 Å². The molecule has 58 heavy (non-hydrogen) atoms. The van der Waals surface area contributed by atoms with Crippen LogP contribution in [0, 0.1) is 0 Å². The van der Waals surface area contributed by atoms with Crippen molar-refractivity contribution in [3.63, 3.8) is 0 Å². The fourth-order valence-electron chi connectivity index (χ4n) is 5.19. The second kappa shape index (κ2) is 25.2. The van der Waals surface area contributed by atoms with Crippen molar-refractivity contribution in [3.8, 4) is 23.0 Å². The number of carbonyl (C=O) groups excluding carboxylic acids is 4. The van der Waals surface area contributed by atoms with Crippen molar-refractivity contribution in [1.82, 2.24) is 0 Å². The summed E-state index contributed by atoms with van der Waals surface area (Å²) in [5.41, 5.74) is -0.862. The Morgan fingerprint density at radius 1 is 0.603 bits per heavy atom. The number of hydrogen-bond acceptors (Lipinski definition) is 11. The van der Waals surface area contributed by atoms with Crippen LogP contribution in [0.25, 0.3) is 0 Å². The van der Waals surface area contributed by atoms with Crippen LogP contribution in [0.1, 0.15) is 88.0 Å². The summed E-state index contributed by atoms with van der Waals surface area (Å²) in [5, 5.41) is 9.97. The topological polar surface area (TPSA) is 161 Å². The molecule has 0 fully saturated rings. The molecule has 12 nitrogen and oxygen atoms in total. The Kier molecular flexibility index (Phi) is 20.1. The second-order valence-corrected chi connectivity index (χ2v) is 12.7. The van der Waals surface area contributed by atoms with Gasteiger partial charge in [0.1, 0.15) is 41.4 Å². The van der Waals surface area contributed by atoms with E-state index in [4.69, 9.17) is 28.4 Å². The zero-order valence-electron chi connectivity index (χ0n) is 32.0. The first-order chi connectivity index (χ1) is 27.9. The van der Waals surface area contributed by atoms with Gasteiger partial charge in [-0.2, -0.15) is 0 Å². The van der Waals surface area contributed by atoms with Crippen molar-refractivity contribution >= 4 is 29.8 Å². The average molecular weight is 813 g/mol. The maximum Gasteiger partial charge on any atom is 0.343 e. The number of unbranched alkanes of at least 4 members (excludes halogenated alkanes) is 6. The molecule has 0 bridgehead atoms. The Hall–Kier alpha value is -6.12. The molecule has 0 aliphatic carbocycles. The minimum absolute atomic E-state index is 0.00983. The lowest BCUT2D eigenvalue weighted by Gasteiger charge is -2.17. The van der Waals surface area contributed by atoms with Crippen LogP contribution >= 0.6 is 0 Å². The van der Waals surface area contributed by atoms with E-state index in [2.05, 4.69) is 13.2 Å². The first-order valence-corrected chi connectivity index (χ1v) is 18.7. The van der Waals surface area contributed by atoms with Gasteiger partial charge in [-0.25, -0.2) is 37.1 Å². The number of benzene rings is 3. The highest BCUT2D eigenvalue weighted by atomic mass is 19.2. The van der Waals surface area contributed by atoms with Gasteiger partial charge in [-0.1, -0.05) is 13.2 Å². The zero-order chi connectivity index (χ0) is 42.3. The fraction of sp³-hybridized carbons (Fsp3) is 0.372. The first kappa shape index (κ1) is 46.3. The predicted octanol–water partition coefficient (Wildman–Crippen LogP) is 8.35. The molecule has 3 rings (SSSR count). The van der Waals surface area contributed by atoms with Crippen molar-refractivity contribution in [1.29, 1.82) is 0 Å². The molecule has 0 aromatic heterocycles. The normalized spacial score (nSPS) is 11.7. The summed E-state index contributed by atoms with van der Waals surface area (Å²) in [6.07, 6.45) is 2.57. The van der Waals surface area contributed by atoms with E-state index in [9.17, 15) is 42.3 Å². The van der Waals surface area contributed by atoms with Gasteiger partial charge in [0.25, 0.3) is 0 Å². The van der Waals surface area contributed by atoms with E-state index in [0.717, 1.165) is 62.8 Å². The SMILES string of the molecule is C=CC(=O)OCCCCCCOc1ccc(C(=O)Oc2cc(C(=O)O)c(OC(=O)c3ccc(OCCCCCCOC(=O)C=C)cc3)cc2CC(F)C(F)CF)cc1. The van der Waals surface area contributed by atoms with E-state index < -0.39 is 72.3 Å². The molecule has 0 heterocycles. The molecule has 0 radical (unpaired) electrons. The summed E-state index contributed by atoms with van der Waals surface area (Å²) >= 11 is 0. The fourth-order valence-corrected chi connectivity index (χ4v) is 5.19. The van der Waals surface area contributed by atoms with Gasteiger partial charge in [-0.15, -0.1) is 0 Å². The predicted molar refractivity (Wildman–Crippen MR) is 206 cm³/mol. The number of alkyl halides is 3. The molecule has 1 N–H and O–H groups in total. The van der Waals surface area contributed by atoms with Crippen molar-refractivity contribution in [2.75, 3.05) is 33.1 Å². The highest BCUT2D eigenvalue weighted by Gasteiger charge is 2.27. The number of rotatable bonds is 27. The molecule has 3 aromatic carbocycles. The summed E-state index contributed by atoms with van der Waals surface area (Å²) in [6.45, 7) is 6.41. The molecule has 2 unspecified atom stereocenters. The molecular weight excluding hydrogens is 765 g/mol. The summed E-state index contributed by atoms with van der Waals surface area (Å²) in [7, 11) is 0. The standard InChI is InChI=1S/C43H47F3O12/c1-3-39(47)55-23-11-7-5-9-21-53-32-17-13-29(14-18-32)42(51)57-37-27-34(41(49)50)38(26-31(37)25-35(45)36(46)28-44)58-43(52)30-15-19-33(20-16-30)54-22-10-6-8-12-24-56-40(48)4-2/h3-4,13-20,26-27,35-36H,1-2,5-12,21-25,28H2,(H,49,50). The third kappa shape index (κ3) is 16.2. The molecule has 0 saturated carbocycles. The molecule has 0 aliphatic heterocycles. The maximum atomic E-state index is 14.7. The third-order valence-corrected chi connectivity index (χ3v) is 8.37. The van der Waals surface area contributed by atoms with Gasteiger partial charge in [-0.3, -0.25) is 0 Å². The second-order valence-electron chi connectivity index (χ2n) is 12.7. The zero-order valence-corrected chi connectivity index (χ0v) is 32.0. The van der Waals surface area contributed by atoms with Crippen molar-refractivity contribution in [2.24, 2.45) is 0 Å². The first-order valence-electron chi connectivity index (χ1n) is 18.7. The number of ether oxygens (including phenoxy) is 6. The van der Waals surface area contributed by atoms with Gasteiger partial charge in [0.05, 0.1) is 37.6 Å². The molecular formula is C43H47F3O12. The Morgan fingerprint density at radius 2 is 1.03 bits per heavy atom. The lowest BCUT2D eigenvalue weighted by Crippen LogP contribution is -2.23. The molecule has 15 heteroatoms. The Labute approximate surface area is 334 Å². The van der Waals surface area contributed by atoms with Crippen LogP contribution < -0.4 is 18.9 Å². The summed E-state index contributed by atoms with van der Waals surface area (Å²) in [4.78, 5) is 60.6. The van der Waals surface area contributed by atoms with Crippen LogP contribution in [0.3, 0.4) is 0 Å². The van der Waals surface area contributed by atoms with Crippen LogP contribution in [-0.2, 0) is 25.5 Å². The minimum atomic E-state index is -2.53. The number of carboxylic acid groups (broad SMARTS) is 1. The molecule has 2 atom stereocenters. The van der Waals surface area contributed by atoms with Crippen LogP contribution in [0.5, 0.6) is 23.0 Å². The van der Waals surface area contributed by atoms with Gasteiger partial charge >= 0.3 is 29.8 Å². The number of carbonyl (C=O) groups is 5. The molecule has 3 aromatic rings. The van der Waals surface area contributed by atoms with Crippen LogP contribution in [0.4, 0.5) is 13.2 Å². The van der Waals surface area contributed by atoms with E-state index in [1.165, 1.54) is 48.5 Å². The largest absolute Gasteiger partial charge is 0.494 e. The molecule has 0 aliphatic rings. The minimum Gasteiger partial charge on any atom is -0.494 e. The number of carboxylic acids is 1. The highest BCUT2D eigenvalue weighted by molar-refractivity contribution is 5.97. The van der Waals surface area contributed by atoms with Gasteiger partial charge in [0.2, 0.25) is 0 Å². The number of hydrogen-bond donors (Lipinski definition) is 1. The monoisotopic (exact) mass is 812 g/mol. The van der Waals surface area contributed by atoms with Crippen molar-refractivity contribution in [3.05, 3.63) is 108 Å². The molecule has 0 spiro atoms. The highest BCUT2D eigenvalue weighted by Crippen LogP contribution is 2.33. The smallest absolute Gasteiger partial charge is 0.343 e. The Balaban J connectivity index is 1.63. The molecule has 0 amide bonds. The van der Waals surface area contributed by atoms with E-state index in [1.54, 1.807) is 0 Å². The number of esters is 4. The van der Waals surface area contributed by atoms with E-state index in [-0.39, 0.29) is 16.7 Å². The van der Waals surface area contributed by atoms with Crippen LogP contribution in [0.15, 0.2) is 86.0 Å². The van der Waals surface area contributed by atoms with E-state index in [1.807, 2.05) is 0 Å². The Bertz CT molecular complexity index is 1830. The van der Waals surface area contributed by atoms with Gasteiger partial charge in [-0.05, 0) is 112 Å². The molecule has 312 valence electrons. The van der Waals surface area contributed by atoms with Crippen LogP contribution in [-0.4, -0.2) is 80.4 Å².